The van der Waals surface area contributed by atoms with Crippen LogP contribution in [0.3, 0.4) is 0 Å². The molecule has 0 bridgehead atoms. The van der Waals surface area contributed by atoms with Crippen LogP contribution in [0.4, 0.5) is 4.79 Å². The highest BCUT2D eigenvalue weighted by Crippen LogP contribution is 2.14. The Morgan fingerprint density at radius 3 is 2.17 bits per heavy atom. The Balaban J connectivity index is 3.95. The van der Waals surface area contributed by atoms with Crippen molar-refractivity contribution in [3.63, 3.8) is 0 Å². The van der Waals surface area contributed by atoms with Gasteiger partial charge in [0.1, 0.15) is 11.7 Å². The summed E-state index contributed by atoms with van der Waals surface area (Å²) in [5, 5.41) is 2.66. The van der Waals surface area contributed by atoms with Gasteiger partial charge in [-0.2, -0.15) is 0 Å². The fourth-order valence-corrected chi connectivity index (χ4v) is 2.30. The summed E-state index contributed by atoms with van der Waals surface area (Å²) in [5.41, 5.74) is -0.506. The van der Waals surface area contributed by atoms with Crippen molar-refractivity contribution < 1.29 is 19.1 Å². The van der Waals surface area contributed by atoms with Crippen molar-refractivity contribution in [3.8, 4) is 0 Å². The number of ether oxygens (including phenoxy) is 2. The van der Waals surface area contributed by atoms with E-state index in [0.717, 1.165) is 32.1 Å². The van der Waals surface area contributed by atoms with Crippen LogP contribution in [-0.4, -0.2) is 30.3 Å². The van der Waals surface area contributed by atoms with Gasteiger partial charge < -0.3 is 14.8 Å². The Hall–Kier alpha value is -1.26. The molecule has 24 heavy (non-hydrogen) atoms. The molecular formula is C19H37NO4. The monoisotopic (exact) mass is 343 g/mol. The van der Waals surface area contributed by atoms with E-state index in [0.29, 0.717) is 19.4 Å². The lowest BCUT2D eigenvalue weighted by atomic mass is 10.1. The number of rotatable bonds is 12. The van der Waals surface area contributed by atoms with Gasteiger partial charge in [-0.05, 0) is 46.5 Å². The summed E-state index contributed by atoms with van der Waals surface area (Å²) in [4.78, 5) is 23.5. The molecule has 0 aromatic heterocycles. The first kappa shape index (κ1) is 22.7. The summed E-state index contributed by atoms with van der Waals surface area (Å²) >= 11 is 0. The molecule has 142 valence electrons. The number of nitrogens with one attached hydrogen (secondary N) is 1. The Kier molecular flexibility index (Phi) is 12.4. The average molecular weight is 344 g/mol. The number of unbranched alkanes of at least 4 members (excludes halogenated alkanes) is 3. The van der Waals surface area contributed by atoms with Gasteiger partial charge in [0.2, 0.25) is 0 Å². The molecular weight excluding hydrogens is 306 g/mol. The molecule has 0 saturated carbocycles. The molecule has 1 unspecified atom stereocenters. The number of esters is 1. The smallest absolute Gasteiger partial charge is 0.407 e. The predicted molar refractivity (Wildman–Crippen MR) is 97.0 cm³/mol. The number of amides is 1. The molecule has 1 atom stereocenters. The van der Waals surface area contributed by atoms with Gasteiger partial charge >= 0.3 is 12.1 Å². The summed E-state index contributed by atoms with van der Waals surface area (Å²) in [5.74, 6) is -0.168. The molecule has 0 aromatic rings. The third-order valence-corrected chi connectivity index (χ3v) is 3.53. The molecule has 0 aromatic carbocycles. The SMILES string of the molecule is CCCCCC(CCCC)OC(=O)CCCNC(=O)OC(C)(C)C. The highest BCUT2D eigenvalue weighted by Gasteiger charge is 2.16. The van der Waals surface area contributed by atoms with E-state index in [2.05, 4.69) is 19.2 Å². The maximum Gasteiger partial charge on any atom is 0.407 e. The van der Waals surface area contributed by atoms with Crippen molar-refractivity contribution in [2.24, 2.45) is 0 Å². The van der Waals surface area contributed by atoms with Crippen LogP contribution in [0, 0.1) is 0 Å². The quantitative estimate of drug-likeness (QED) is 0.401. The lowest BCUT2D eigenvalue weighted by molar-refractivity contribution is -0.150. The molecule has 0 spiro atoms. The molecule has 5 nitrogen and oxygen atoms in total. The van der Waals surface area contributed by atoms with E-state index in [1.807, 2.05) is 20.8 Å². The van der Waals surface area contributed by atoms with Gasteiger partial charge in [-0.3, -0.25) is 4.79 Å². The molecule has 1 N–H and O–H groups in total. The second-order valence-corrected chi connectivity index (χ2v) is 7.28. The third-order valence-electron chi connectivity index (χ3n) is 3.53. The van der Waals surface area contributed by atoms with Crippen LogP contribution in [-0.2, 0) is 14.3 Å². The van der Waals surface area contributed by atoms with Gasteiger partial charge in [0.05, 0.1) is 0 Å². The van der Waals surface area contributed by atoms with Gasteiger partial charge in [0.15, 0.2) is 0 Å². The van der Waals surface area contributed by atoms with Crippen LogP contribution in [0.15, 0.2) is 0 Å². The van der Waals surface area contributed by atoms with Crippen LogP contribution in [0.25, 0.3) is 0 Å². The fraction of sp³-hybridized carbons (Fsp3) is 0.895. The van der Waals surface area contributed by atoms with Gasteiger partial charge in [0, 0.05) is 13.0 Å². The van der Waals surface area contributed by atoms with Gasteiger partial charge in [-0.25, -0.2) is 4.79 Å². The Morgan fingerprint density at radius 2 is 1.58 bits per heavy atom. The highest BCUT2D eigenvalue weighted by molar-refractivity contribution is 5.70. The van der Waals surface area contributed by atoms with E-state index in [9.17, 15) is 9.59 Å². The number of hydrogen-bond donors (Lipinski definition) is 1. The highest BCUT2D eigenvalue weighted by atomic mass is 16.6. The predicted octanol–water partition coefficient (Wildman–Crippen LogP) is 4.97. The van der Waals surface area contributed by atoms with Gasteiger partial charge in [0.25, 0.3) is 0 Å². The lowest BCUT2D eigenvalue weighted by Gasteiger charge is -2.20. The number of alkyl carbamates (subject to hydrolysis) is 1. The lowest BCUT2D eigenvalue weighted by Crippen LogP contribution is -2.33. The molecule has 1 amide bonds. The topological polar surface area (TPSA) is 64.6 Å². The van der Waals surface area contributed by atoms with Crippen molar-refractivity contribution in [2.75, 3.05) is 6.54 Å². The van der Waals surface area contributed by atoms with Gasteiger partial charge in [-0.15, -0.1) is 0 Å². The van der Waals surface area contributed by atoms with Crippen molar-refractivity contribution in [2.45, 2.75) is 104 Å². The number of carbonyl (C=O) groups excluding carboxylic acids is 2. The molecule has 0 aliphatic heterocycles. The molecule has 0 aliphatic rings. The van der Waals surface area contributed by atoms with E-state index in [4.69, 9.17) is 9.47 Å². The Morgan fingerprint density at radius 1 is 0.958 bits per heavy atom. The first-order valence-electron chi connectivity index (χ1n) is 9.44. The molecule has 0 rings (SSSR count). The standard InChI is InChI=1S/C19H37NO4/c1-6-8-10-13-16(12-9-7-2)23-17(21)14-11-15-20-18(22)24-19(3,4)5/h16H,6-15H2,1-5H3,(H,20,22). The minimum absolute atomic E-state index is 0.0443. The normalized spacial score (nSPS) is 12.5. The van der Waals surface area contributed by atoms with Crippen molar-refractivity contribution in [1.29, 1.82) is 0 Å². The Labute approximate surface area is 147 Å². The van der Waals surface area contributed by atoms with Crippen LogP contribution in [0.2, 0.25) is 0 Å². The summed E-state index contributed by atoms with van der Waals surface area (Å²) in [6.07, 6.45) is 8.05. The molecule has 0 saturated heterocycles. The molecule has 5 heteroatoms. The maximum absolute atomic E-state index is 12.0. The maximum atomic E-state index is 12.0. The van der Waals surface area contributed by atoms with Crippen molar-refractivity contribution in [1.82, 2.24) is 5.32 Å². The van der Waals surface area contributed by atoms with Crippen LogP contribution >= 0.6 is 0 Å². The van der Waals surface area contributed by atoms with Crippen molar-refractivity contribution in [3.05, 3.63) is 0 Å². The Bertz CT molecular complexity index is 350. The van der Waals surface area contributed by atoms with Crippen LogP contribution < -0.4 is 5.32 Å². The van der Waals surface area contributed by atoms with Gasteiger partial charge in [-0.1, -0.05) is 39.5 Å². The van der Waals surface area contributed by atoms with Crippen LogP contribution in [0.1, 0.15) is 92.4 Å². The zero-order chi connectivity index (χ0) is 18.4. The molecule has 0 fully saturated rings. The summed E-state index contributed by atoms with van der Waals surface area (Å²) in [7, 11) is 0. The molecule has 0 heterocycles. The van der Waals surface area contributed by atoms with E-state index in [1.54, 1.807) is 0 Å². The largest absolute Gasteiger partial charge is 0.462 e. The fourth-order valence-electron chi connectivity index (χ4n) is 2.30. The number of carbonyl (C=O) groups is 2. The number of hydrogen-bond acceptors (Lipinski definition) is 4. The second-order valence-electron chi connectivity index (χ2n) is 7.28. The molecule has 0 radical (unpaired) electrons. The molecule has 0 aliphatic carbocycles. The van der Waals surface area contributed by atoms with E-state index < -0.39 is 11.7 Å². The van der Waals surface area contributed by atoms with E-state index >= 15 is 0 Å². The summed E-state index contributed by atoms with van der Waals surface area (Å²) < 4.78 is 10.7. The summed E-state index contributed by atoms with van der Waals surface area (Å²) in [6.45, 7) is 10.2. The van der Waals surface area contributed by atoms with Crippen molar-refractivity contribution >= 4 is 12.1 Å². The zero-order valence-electron chi connectivity index (χ0n) is 16.3. The minimum Gasteiger partial charge on any atom is -0.462 e. The van der Waals surface area contributed by atoms with Crippen LogP contribution in [0.5, 0.6) is 0 Å². The van der Waals surface area contributed by atoms with E-state index in [1.165, 1.54) is 12.8 Å². The second kappa shape index (κ2) is 13.1. The van der Waals surface area contributed by atoms with E-state index in [-0.39, 0.29) is 12.1 Å². The average Bonchev–Trinajstić information content (AvgIpc) is 2.47. The third kappa shape index (κ3) is 14.3. The zero-order valence-corrected chi connectivity index (χ0v) is 16.3. The first-order valence-corrected chi connectivity index (χ1v) is 9.44. The first-order chi connectivity index (χ1) is 11.3. The summed E-state index contributed by atoms with van der Waals surface area (Å²) in [6, 6.07) is 0. The minimum atomic E-state index is -0.506.